The van der Waals surface area contributed by atoms with Crippen molar-refractivity contribution in [3.05, 3.63) is 44.9 Å². The average Bonchev–Trinajstić information content (AvgIpc) is 3.25. The van der Waals surface area contributed by atoms with Gasteiger partial charge in [0.05, 0.1) is 29.4 Å². The predicted molar refractivity (Wildman–Crippen MR) is 97.9 cm³/mol. The summed E-state index contributed by atoms with van der Waals surface area (Å²) in [5.41, 5.74) is -1.50. The van der Waals surface area contributed by atoms with Gasteiger partial charge in [-0.2, -0.15) is 18.3 Å². The van der Waals surface area contributed by atoms with Crippen LogP contribution in [0.3, 0.4) is 0 Å². The molecule has 2 atom stereocenters. The van der Waals surface area contributed by atoms with Crippen LogP contribution in [0, 0.1) is 0 Å². The van der Waals surface area contributed by atoms with Crippen LogP contribution in [0.5, 0.6) is 0 Å². The summed E-state index contributed by atoms with van der Waals surface area (Å²) in [4.78, 5) is 30.9. The van der Waals surface area contributed by atoms with Crippen molar-refractivity contribution < 1.29 is 22.4 Å². The van der Waals surface area contributed by atoms with Gasteiger partial charge >= 0.3 is 11.9 Å². The lowest BCUT2D eigenvalue weighted by molar-refractivity contribution is -0.138. The van der Waals surface area contributed by atoms with Crippen molar-refractivity contribution in [3.8, 4) is 0 Å². The number of carbonyl (C=O) groups is 1. The molecule has 0 aliphatic carbocycles. The van der Waals surface area contributed by atoms with Crippen molar-refractivity contribution in [2.24, 2.45) is 0 Å². The third-order valence-electron chi connectivity index (χ3n) is 5.40. The van der Waals surface area contributed by atoms with Crippen LogP contribution in [0.1, 0.15) is 42.4 Å². The topological polar surface area (TPSA) is 73.0 Å². The molecule has 2 aromatic heterocycles. The zero-order valence-corrected chi connectivity index (χ0v) is 16.5. The minimum Gasteiger partial charge on any atom is -0.338 e. The average molecular weight is 448 g/mol. The molecule has 2 aromatic rings. The zero-order valence-electron chi connectivity index (χ0n) is 15.7. The lowest BCUT2D eigenvalue weighted by Crippen LogP contribution is -2.41. The van der Waals surface area contributed by atoms with Gasteiger partial charge in [-0.15, -0.1) is 0 Å². The van der Waals surface area contributed by atoms with Gasteiger partial charge in [0, 0.05) is 19.2 Å². The highest BCUT2D eigenvalue weighted by molar-refractivity contribution is 6.31. The summed E-state index contributed by atoms with van der Waals surface area (Å²) in [5.74, 6) is 0.0899. The maximum atomic E-state index is 13.5. The number of aromatic nitrogens is 4. The number of amides is 1. The van der Waals surface area contributed by atoms with Crippen LogP contribution in [-0.4, -0.2) is 49.4 Å². The minimum atomic E-state index is -4.58. The van der Waals surface area contributed by atoms with Gasteiger partial charge in [-0.3, -0.25) is 14.3 Å². The second-order valence-electron chi connectivity index (χ2n) is 7.45. The van der Waals surface area contributed by atoms with E-state index in [1.54, 1.807) is 0 Å². The molecular weight excluding hydrogens is 430 g/mol. The standard InChI is InChI=1S/C18H18ClF4N5O2/c19-12-6-10(18(21,22)23)7-24-13(12)9-27-17(30)28-14(2-1-3-15(28)25-27)16(29)26-5-4-11(20)8-26/h6-7,11,14H,1-5,8-9H2/t11-,14-/m0/s1. The van der Waals surface area contributed by atoms with E-state index >= 15 is 0 Å². The van der Waals surface area contributed by atoms with Gasteiger partial charge in [0.15, 0.2) is 0 Å². The second-order valence-corrected chi connectivity index (χ2v) is 7.86. The number of pyridine rings is 1. The van der Waals surface area contributed by atoms with E-state index in [4.69, 9.17) is 11.6 Å². The maximum absolute atomic E-state index is 13.5. The first kappa shape index (κ1) is 20.8. The lowest BCUT2D eigenvalue weighted by atomic mass is 10.0. The second kappa shape index (κ2) is 7.68. The zero-order chi connectivity index (χ0) is 21.6. The van der Waals surface area contributed by atoms with Crippen molar-refractivity contribution >= 4 is 17.5 Å². The molecule has 12 heteroatoms. The molecule has 0 bridgehead atoms. The summed E-state index contributed by atoms with van der Waals surface area (Å²) in [6.07, 6.45) is -3.17. The van der Waals surface area contributed by atoms with Crippen molar-refractivity contribution in [2.75, 3.05) is 13.1 Å². The number of hydrogen-bond acceptors (Lipinski definition) is 4. The van der Waals surface area contributed by atoms with E-state index in [0.717, 1.165) is 10.7 Å². The Bertz CT molecular complexity index is 1030. The minimum absolute atomic E-state index is 0.0125. The Kier molecular flexibility index (Phi) is 5.33. The molecule has 162 valence electrons. The number of hydrogen-bond donors (Lipinski definition) is 0. The summed E-state index contributed by atoms with van der Waals surface area (Å²) in [6, 6.07) is -0.0193. The van der Waals surface area contributed by atoms with Gasteiger partial charge in [0.1, 0.15) is 18.0 Å². The summed E-state index contributed by atoms with van der Waals surface area (Å²) in [7, 11) is 0. The fourth-order valence-corrected chi connectivity index (χ4v) is 4.10. The van der Waals surface area contributed by atoms with Crippen molar-refractivity contribution in [2.45, 2.75) is 50.6 Å². The molecule has 0 N–H and O–H groups in total. The number of rotatable bonds is 3. The molecule has 0 spiro atoms. The highest BCUT2D eigenvalue weighted by Gasteiger charge is 2.36. The third kappa shape index (κ3) is 3.82. The third-order valence-corrected chi connectivity index (χ3v) is 5.73. The van der Waals surface area contributed by atoms with E-state index in [1.165, 1.54) is 9.47 Å². The Morgan fingerprint density at radius 2 is 2.07 bits per heavy atom. The van der Waals surface area contributed by atoms with E-state index < -0.39 is 29.6 Å². The molecule has 0 saturated carbocycles. The first-order valence-corrected chi connectivity index (χ1v) is 9.85. The van der Waals surface area contributed by atoms with Gasteiger partial charge in [0.2, 0.25) is 5.91 Å². The highest BCUT2D eigenvalue weighted by Crippen LogP contribution is 2.31. The molecule has 1 saturated heterocycles. The number of carbonyl (C=O) groups excluding carboxylic acids is 1. The Morgan fingerprint density at radius 1 is 1.30 bits per heavy atom. The largest absolute Gasteiger partial charge is 0.417 e. The van der Waals surface area contributed by atoms with Crippen LogP contribution < -0.4 is 5.69 Å². The predicted octanol–water partition coefficient (Wildman–Crippen LogP) is 2.61. The Balaban J connectivity index is 1.61. The van der Waals surface area contributed by atoms with Crippen LogP contribution in [0.15, 0.2) is 17.1 Å². The number of alkyl halides is 4. The number of aryl methyl sites for hydroxylation is 1. The van der Waals surface area contributed by atoms with E-state index in [0.29, 0.717) is 37.8 Å². The molecule has 4 rings (SSSR count). The van der Waals surface area contributed by atoms with E-state index in [1.807, 2.05) is 0 Å². The fourth-order valence-electron chi connectivity index (χ4n) is 3.88. The van der Waals surface area contributed by atoms with Crippen molar-refractivity contribution in [3.63, 3.8) is 0 Å². The SMILES string of the molecule is O=C([C@@H]1CCCc2nn(Cc3ncc(C(F)(F)F)cc3Cl)c(=O)n21)N1CC[C@H](F)C1. The number of nitrogens with zero attached hydrogens (tertiary/aromatic N) is 5. The molecule has 1 amide bonds. The van der Waals surface area contributed by atoms with Crippen LogP contribution in [0.25, 0.3) is 0 Å². The molecule has 2 aliphatic rings. The summed E-state index contributed by atoms with van der Waals surface area (Å²) in [5, 5.41) is 4.00. The van der Waals surface area contributed by atoms with E-state index in [9.17, 15) is 27.2 Å². The van der Waals surface area contributed by atoms with Gasteiger partial charge in [-0.1, -0.05) is 11.6 Å². The van der Waals surface area contributed by atoms with E-state index in [2.05, 4.69) is 10.1 Å². The molecule has 0 aromatic carbocycles. The van der Waals surface area contributed by atoms with Gasteiger partial charge < -0.3 is 4.90 Å². The molecule has 4 heterocycles. The first-order valence-electron chi connectivity index (χ1n) is 9.48. The Hall–Kier alpha value is -2.43. The summed E-state index contributed by atoms with van der Waals surface area (Å²) >= 11 is 5.93. The highest BCUT2D eigenvalue weighted by atomic mass is 35.5. The van der Waals surface area contributed by atoms with Crippen LogP contribution in [0.2, 0.25) is 5.02 Å². The smallest absolute Gasteiger partial charge is 0.338 e. The van der Waals surface area contributed by atoms with Gasteiger partial charge in [0.25, 0.3) is 0 Å². The van der Waals surface area contributed by atoms with Crippen LogP contribution >= 0.6 is 11.6 Å². The monoisotopic (exact) mass is 447 g/mol. The molecule has 0 unspecified atom stereocenters. The number of likely N-dealkylation sites (tertiary alicyclic amines) is 1. The molecule has 1 fully saturated rings. The molecule has 2 aliphatic heterocycles. The lowest BCUT2D eigenvalue weighted by Gasteiger charge is -2.26. The quantitative estimate of drug-likeness (QED) is 0.678. The number of fused-ring (bicyclic) bond motifs is 1. The van der Waals surface area contributed by atoms with Crippen molar-refractivity contribution in [1.82, 2.24) is 24.2 Å². The van der Waals surface area contributed by atoms with E-state index in [-0.39, 0.29) is 36.1 Å². The normalized spacial score (nSPS) is 21.7. The molecular formula is C18H18ClF4N5O2. The maximum Gasteiger partial charge on any atom is 0.417 e. The molecule has 0 radical (unpaired) electrons. The Morgan fingerprint density at radius 3 is 2.70 bits per heavy atom. The van der Waals surface area contributed by atoms with Gasteiger partial charge in [-0.05, 0) is 25.3 Å². The first-order chi connectivity index (χ1) is 14.1. The summed E-state index contributed by atoms with van der Waals surface area (Å²) < 4.78 is 54.2. The van der Waals surface area contributed by atoms with Gasteiger partial charge in [-0.25, -0.2) is 13.9 Å². The van der Waals surface area contributed by atoms with Crippen LogP contribution in [0.4, 0.5) is 17.6 Å². The Labute approximate surface area is 173 Å². The summed E-state index contributed by atoms with van der Waals surface area (Å²) in [6.45, 7) is 0.0887. The number of halogens is 5. The van der Waals surface area contributed by atoms with Crippen molar-refractivity contribution in [1.29, 1.82) is 0 Å². The fraction of sp³-hybridized carbons (Fsp3) is 0.556. The molecule has 7 nitrogen and oxygen atoms in total. The molecule has 30 heavy (non-hydrogen) atoms. The van der Waals surface area contributed by atoms with Crippen LogP contribution in [-0.2, 0) is 23.9 Å².